The van der Waals surface area contributed by atoms with Crippen LogP contribution in [0.2, 0.25) is 0 Å². The number of carbonyl (C=O) groups excluding carboxylic acids is 2. The summed E-state index contributed by atoms with van der Waals surface area (Å²) < 4.78 is 4.63. The van der Waals surface area contributed by atoms with Gasteiger partial charge < -0.3 is 21.1 Å². The van der Waals surface area contributed by atoms with Crippen LogP contribution in [0.1, 0.15) is 23.2 Å². The second-order valence-electron chi connectivity index (χ2n) is 4.28. The van der Waals surface area contributed by atoms with Crippen molar-refractivity contribution >= 4 is 23.4 Å². The third-order valence-corrected chi connectivity index (χ3v) is 2.95. The fourth-order valence-corrected chi connectivity index (χ4v) is 1.92. The lowest BCUT2D eigenvalue weighted by Crippen LogP contribution is -2.44. The number of nitrogens with zero attached hydrogens (tertiary/aromatic N) is 1. The molecule has 0 aromatic carbocycles. The van der Waals surface area contributed by atoms with E-state index in [1.165, 1.54) is 19.4 Å². The maximum Gasteiger partial charge on any atom is 0.340 e. The maximum atomic E-state index is 11.6. The summed E-state index contributed by atoms with van der Waals surface area (Å²) >= 11 is 0. The number of anilines is 2. The Morgan fingerprint density at radius 3 is 3.11 bits per heavy atom. The number of hydrogen-bond acceptors (Lipinski definition) is 6. The highest BCUT2D eigenvalue weighted by Gasteiger charge is 2.22. The molecule has 7 heteroatoms. The summed E-state index contributed by atoms with van der Waals surface area (Å²) in [6.07, 6.45) is 3.00. The molecule has 1 saturated heterocycles. The summed E-state index contributed by atoms with van der Waals surface area (Å²) in [7, 11) is 1.28. The minimum Gasteiger partial charge on any atom is -0.465 e. The van der Waals surface area contributed by atoms with Crippen LogP contribution in [0.5, 0.6) is 0 Å². The maximum absolute atomic E-state index is 11.6. The second-order valence-corrected chi connectivity index (χ2v) is 4.28. The average molecular weight is 264 g/mol. The highest BCUT2D eigenvalue weighted by molar-refractivity contribution is 5.95. The molecule has 2 rings (SSSR count). The summed E-state index contributed by atoms with van der Waals surface area (Å²) in [5, 5.41) is 5.76. The van der Waals surface area contributed by atoms with Gasteiger partial charge in [-0.3, -0.25) is 4.79 Å². The smallest absolute Gasteiger partial charge is 0.340 e. The summed E-state index contributed by atoms with van der Waals surface area (Å²) in [6, 6.07) is 1.15. The van der Waals surface area contributed by atoms with E-state index in [1.54, 1.807) is 0 Å². The summed E-state index contributed by atoms with van der Waals surface area (Å²) in [5.41, 5.74) is 6.13. The van der Waals surface area contributed by atoms with Gasteiger partial charge in [-0.1, -0.05) is 0 Å². The van der Waals surface area contributed by atoms with E-state index >= 15 is 0 Å². The molecule has 102 valence electrons. The van der Waals surface area contributed by atoms with E-state index in [0.717, 1.165) is 12.8 Å². The Morgan fingerprint density at radius 1 is 1.63 bits per heavy atom. The molecule has 1 aliphatic heterocycles. The predicted octanol–water partition coefficient (Wildman–Crippen LogP) is 0.141. The second kappa shape index (κ2) is 5.55. The quantitative estimate of drug-likeness (QED) is 0.670. The van der Waals surface area contributed by atoms with E-state index < -0.39 is 5.97 Å². The van der Waals surface area contributed by atoms with Crippen LogP contribution >= 0.6 is 0 Å². The molecule has 0 bridgehead atoms. The van der Waals surface area contributed by atoms with Gasteiger partial charge in [0.1, 0.15) is 11.9 Å². The molecule has 0 spiro atoms. The molecule has 1 amide bonds. The zero-order chi connectivity index (χ0) is 13.8. The zero-order valence-electron chi connectivity index (χ0n) is 10.6. The number of piperidine rings is 1. The number of aromatic nitrogens is 1. The lowest BCUT2D eigenvalue weighted by atomic mass is 10.1. The number of nitrogens with two attached hydrogens (primary N) is 1. The van der Waals surface area contributed by atoms with Crippen LogP contribution in [-0.4, -0.2) is 36.6 Å². The molecule has 1 atom stereocenters. The fraction of sp³-hybridized carbons (Fsp3) is 0.417. The first kappa shape index (κ1) is 13.1. The highest BCUT2D eigenvalue weighted by atomic mass is 16.5. The molecule has 0 saturated carbocycles. The van der Waals surface area contributed by atoms with E-state index in [1.807, 2.05) is 0 Å². The van der Waals surface area contributed by atoms with Gasteiger partial charge in [0, 0.05) is 6.54 Å². The van der Waals surface area contributed by atoms with Crippen LogP contribution in [0.3, 0.4) is 0 Å². The van der Waals surface area contributed by atoms with Gasteiger partial charge in [0.15, 0.2) is 0 Å². The van der Waals surface area contributed by atoms with E-state index in [9.17, 15) is 9.59 Å². The van der Waals surface area contributed by atoms with E-state index in [4.69, 9.17) is 5.73 Å². The molecule has 1 aliphatic rings. The predicted molar refractivity (Wildman–Crippen MR) is 69.6 cm³/mol. The van der Waals surface area contributed by atoms with Crippen LogP contribution in [0, 0.1) is 0 Å². The monoisotopic (exact) mass is 264 g/mol. The number of nitrogens with one attached hydrogen (secondary N) is 2. The summed E-state index contributed by atoms with van der Waals surface area (Å²) in [6.45, 7) is 0.694. The minimum atomic E-state index is -0.531. The van der Waals surface area contributed by atoms with Crippen molar-refractivity contribution in [2.75, 3.05) is 24.7 Å². The fourth-order valence-electron chi connectivity index (χ4n) is 1.92. The van der Waals surface area contributed by atoms with Crippen LogP contribution < -0.4 is 16.4 Å². The Balaban J connectivity index is 2.16. The molecule has 1 unspecified atom stereocenters. The molecule has 0 aliphatic carbocycles. The van der Waals surface area contributed by atoms with Crippen LogP contribution in [0.25, 0.3) is 0 Å². The van der Waals surface area contributed by atoms with Crippen molar-refractivity contribution in [3.63, 3.8) is 0 Å². The van der Waals surface area contributed by atoms with Crippen LogP contribution in [0.15, 0.2) is 12.3 Å². The van der Waals surface area contributed by atoms with Crippen LogP contribution in [-0.2, 0) is 9.53 Å². The first-order valence-corrected chi connectivity index (χ1v) is 6.00. The lowest BCUT2D eigenvalue weighted by Gasteiger charge is -2.23. The van der Waals surface area contributed by atoms with Crippen molar-refractivity contribution in [3.05, 3.63) is 17.8 Å². The largest absolute Gasteiger partial charge is 0.465 e. The number of methoxy groups -OCH3 is 1. The van der Waals surface area contributed by atoms with E-state index in [2.05, 4.69) is 20.4 Å². The molecule has 19 heavy (non-hydrogen) atoms. The Morgan fingerprint density at radius 2 is 2.42 bits per heavy atom. The van der Waals surface area contributed by atoms with Gasteiger partial charge in [-0.2, -0.15) is 0 Å². The molecule has 7 nitrogen and oxygen atoms in total. The number of amides is 1. The standard InChI is InChI=1S/C12H16N4O3/c1-19-12(18)7-5-10(15-6-8(7)13)16-9-3-2-4-14-11(9)17/h5-6,9H,2-4,13H2,1H3,(H,14,17)(H,15,16). The van der Waals surface area contributed by atoms with Gasteiger partial charge in [-0.15, -0.1) is 0 Å². The first-order valence-electron chi connectivity index (χ1n) is 6.00. The number of pyridine rings is 1. The number of esters is 1. The van der Waals surface area contributed by atoms with Crippen molar-refractivity contribution < 1.29 is 14.3 Å². The van der Waals surface area contributed by atoms with Gasteiger partial charge >= 0.3 is 5.97 Å². The van der Waals surface area contributed by atoms with Gasteiger partial charge in [0.2, 0.25) is 5.91 Å². The molecule has 2 heterocycles. The molecule has 1 aromatic heterocycles. The number of carbonyl (C=O) groups is 2. The number of rotatable bonds is 3. The normalized spacial score (nSPS) is 18.6. The van der Waals surface area contributed by atoms with E-state index in [0.29, 0.717) is 12.4 Å². The van der Waals surface area contributed by atoms with Crippen molar-refractivity contribution in [3.8, 4) is 0 Å². The average Bonchev–Trinajstić information content (AvgIpc) is 2.42. The number of nitrogen functional groups attached to an aromatic ring is 1. The van der Waals surface area contributed by atoms with Crippen LogP contribution in [0.4, 0.5) is 11.5 Å². The number of ether oxygens (including phenoxy) is 1. The highest BCUT2D eigenvalue weighted by Crippen LogP contribution is 2.18. The molecular weight excluding hydrogens is 248 g/mol. The Labute approximate surface area is 110 Å². The Kier molecular flexibility index (Phi) is 3.84. The van der Waals surface area contributed by atoms with Crippen molar-refractivity contribution in [1.29, 1.82) is 0 Å². The molecule has 0 radical (unpaired) electrons. The summed E-state index contributed by atoms with van der Waals surface area (Å²) in [5.74, 6) is -0.169. The summed E-state index contributed by atoms with van der Waals surface area (Å²) in [4.78, 5) is 27.2. The lowest BCUT2D eigenvalue weighted by molar-refractivity contribution is -0.123. The zero-order valence-corrected chi connectivity index (χ0v) is 10.6. The van der Waals surface area contributed by atoms with E-state index in [-0.39, 0.29) is 23.2 Å². The molecular formula is C12H16N4O3. The number of hydrogen-bond donors (Lipinski definition) is 3. The van der Waals surface area contributed by atoms with Gasteiger partial charge in [-0.25, -0.2) is 9.78 Å². The van der Waals surface area contributed by atoms with Gasteiger partial charge in [-0.05, 0) is 18.9 Å². The molecule has 1 aromatic rings. The third-order valence-electron chi connectivity index (χ3n) is 2.95. The molecule has 1 fully saturated rings. The van der Waals surface area contributed by atoms with Crippen molar-refractivity contribution in [1.82, 2.24) is 10.3 Å². The Bertz CT molecular complexity index is 504. The minimum absolute atomic E-state index is 0.0653. The SMILES string of the molecule is COC(=O)c1cc(NC2CCCNC2=O)ncc1N. The Hall–Kier alpha value is -2.31. The van der Waals surface area contributed by atoms with Crippen molar-refractivity contribution in [2.24, 2.45) is 0 Å². The third kappa shape index (κ3) is 2.93. The molecule has 4 N–H and O–H groups in total. The van der Waals surface area contributed by atoms with Crippen molar-refractivity contribution in [2.45, 2.75) is 18.9 Å². The van der Waals surface area contributed by atoms with Gasteiger partial charge in [0.25, 0.3) is 0 Å². The van der Waals surface area contributed by atoms with Gasteiger partial charge in [0.05, 0.1) is 24.6 Å². The topological polar surface area (TPSA) is 106 Å². The first-order chi connectivity index (χ1) is 9.11.